The zero-order chi connectivity index (χ0) is 19.5. The third-order valence-corrected chi connectivity index (χ3v) is 6.16. The lowest BCUT2D eigenvalue weighted by molar-refractivity contribution is 0.0724. The van der Waals surface area contributed by atoms with Crippen molar-refractivity contribution >= 4 is 17.4 Å². The molecule has 0 N–H and O–H groups in total. The van der Waals surface area contributed by atoms with Crippen molar-refractivity contribution in [1.82, 2.24) is 9.88 Å². The molecule has 0 radical (unpaired) electrons. The van der Waals surface area contributed by atoms with E-state index in [1.165, 1.54) is 23.2 Å². The Bertz CT molecular complexity index is 836. The lowest BCUT2D eigenvalue weighted by atomic mass is 10.1. The third-order valence-electron chi connectivity index (χ3n) is 6.16. The number of nitrogens with zero attached hydrogens (tertiary/aromatic N) is 4. The lowest BCUT2D eigenvalue weighted by Gasteiger charge is -2.37. The number of hydrogen-bond donors (Lipinski definition) is 0. The van der Waals surface area contributed by atoms with E-state index in [1.807, 2.05) is 17.0 Å². The number of amides is 1. The van der Waals surface area contributed by atoms with Crippen LogP contribution in [0.2, 0.25) is 0 Å². The van der Waals surface area contributed by atoms with Crippen LogP contribution in [0.5, 0.6) is 0 Å². The number of aryl methyl sites for hydroxylation is 1. The molecule has 2 aliphatic heterocycles. The molecule has 28 heavy (non-hydrogen) atoms. The number of likely N-dealkylation sites (tertiary alicyclic amines) is 1. The topological polar surface area (TPSA) is 39.7 Å². The number of rotatable bonds is 3. The van der Waals surface area contributed by atoms with Crippen LogP contribution in [0.3, 0.4) is 0 Å². The van der Waals surface area contributed by atoms with Crippen molar-refractivity contribution in [1.29, 1.82) is 0 Å². The minimum Gasteiger partial charge on any atom is -0.368 e. The molecule has 2 saturated heterocycles. The zero-order valence-electron chi connectivity index (χ0n) is 17.0. The van der Waals surface area contributed by atoms with Crippen molar-refractivity contribution in [2.75, 3.05) is 49.1 Å². The Balaban J connectivity index is 1.43. The van der Waals surface area contributed by atoms with Gasteiger partial charge in [0.25, 0.3) is 5.91 Å². The van der Waals surface area contributed by atoms with Gasteiger partial charge in [-0.15, -0.1) is 0 Å². The SMILES string of the molecule is Cc1cccc(N2CCN(c3cc(C(=O)N4CCCCC4)ccn3)CC2)c1C. The van der Waals surface area contributed by atoms with Gasteiger partial charge in [0, 0.05) is 56.7 Å². The average Bonchev–Trinajstić information content (AvgIpc) is 2.76. The van der Waals surface area contributed by atoms with E-state index in [9.17, 15) is 4.79 Å². The van der Waals surface area contributed by atoms with Crippen LogP contribution in [-0.2, 0) is 0 Å². The Morgan fingerprint density at radius 2 is 1.61 bits per heavy atom. The zero-order valence-corrected chi connectivity index (χ0v) is 17.0. The van der Waals surface area contributed by atoms with Gasteiger partial charge in [-0.3, -0.25) is 4.79 Å². The largest absolute Gasteiger partial charge is 0.368 e. The standard InChI is InChI=1S/C23H30N4O/c1-18-7-6-8-21(19(18)2)25-13-15-26(16-14-25)22-17-20(9-10-24-22)23(28)27-11-4-3-5-12-27/h6-10,17H,3-5,11-16H2,1-2H3. The summed E-state index contributed by atoms with van der Waals surface area (Å²) < 4.78 is 0. The molecule has 148 valence electrons. The summed E-state index contributed by atoms with van der Waals surface area (Å²) in [6.07, 6.45) is 5.24. The van der Waals surface area contributed by atoms with E-state index in [1.54, 1.807) is 6.20 Å². The number of pyridine rings is 1. The first-order valence-electron chi connectivity index (χ1n) is 10.4. The summed E-state index contributed by atoms with van der Waals surface area (Å²) in [6, 6.07) is 10.4. The van der Waals surface area contributed by atoms with Crippen molar-refractivity contribution in [2.24, 2.45) is 0 Å². The summed E-state index contributed by atoms with van der Waals surface area (Å²) in [5, 5.41) is 0. The van der Waals surface area contributed by atoms with Crippen molar-refractivity contribution in [3.8, 4) is 0 Å². The highest BCUT2D eigenvalue weighted by Gasteiger charge is 2.22. The Morgan fingerprint density at radius 3 is 2.36 bits per heavy atom. The van der Waals surface area contributed by atoms with Crippen molar-refractivity contribution < 1.29 is 4.79 Å². The first-order valence-corrected chi connectivity index (χ1v) is 10.4. The van der Waals surface area contributed by atoms with Crippen LogP contribution in [0.4, 0.5) is 11.5 Å². The monoisotopic (exact) mass is 378 g/mol. The highest BCUT2D eigenvalue weighted by atomic mass is 16.2. The Kier molecular flexibility index (Phi) is 5.51. The van der Waals surface area contributed by atoms with Crippen LogP contribution < -0.4 is 9.80 Å². The predicted octanol–water partition coefficient (Wildman–Crippen LogP) is 3.65. The fourth-order valence-corrected chi connectivity index (χ4v) is 4.26. The number of carbonyl (C=O) groups is 1. The number of anilines is 2. The molecule has 1 amide bonds. The van der Waals surface area contributed by atoms with Gasteiger partial charge in [0.15, 0.2) is 0 Å². The Morgan fingerprint density at radius 1 is 0.893 bits per heavy atom. The molecule has 0 bridgehead atoms. The molecule has 0 unspecified atom stereocenters. The number of piperazine rings is 1. The smallest absolute Gasteiger partial charge is 0.254 e. The molecular formula is C23H30N4O. The lowest BCUT2D eigenvalue weighted by Crippen LogP contribution is -2.47. The molecule has 2 aromatic rings. The van der Waals surface area contributed by atoms with Gasteiger partial charge in [0.1, 0.15) is 5.82 Å². The van der Waals surface area contributed by atoms with Gasteiger partial charge in [0.2, 0.25) is 0 Å². The molecule has 4 rings (SSSR count). The average molecular weight is 379 g/mol. The molecule has 0 aliphatic carbocycles. The van der Waals surface area contributed by atoms with E-state index in [-0.39, 0.29) is 5.91 Å². The summed E-state index contributed by atoms with van der Waals surface area (Å²) in [4.78, 5) is 24.1. The van der Waals surface area contributed by atoms with Gasteiger partial charge < -0.3 is 14.7 Å². The fraction of sp³-hybridized carbons (Fsp3) is 0.478. The molecule has 5 nitrogen and oxygen atoms in total. The fourth-order valence-electron chi connectivity index (χ4n) is 4.26. The van der Waals surface area contributed by atoms with Crippen LogP contribution in [0, 0.1) is 13.8 Å². The van der Waals surface area contributed by atoms with Gasteiger partial charge in [0.05, 0.1) is 0 Å². The van der Waals surface area contributed by atoms with E-state index in [0.29, 0.717) is 0 Å². The van der Waals surface area contributed by atoms with E-state index >= 15 is 0 Å². The van der Waals surface area contributed by atoms with Crippen LogP contribution >= 0.6 is 0 Å². The molecule has 1 aromatic heterocycles. The number of benzene rings is 1. The summed E-state index contributed by atoms with van der Waals surface area (Å²) >= 11 is 0. The minimum absolute atomic E-state index is 0.150. The van der Waals surface area contributed by atoms with E-state index in [4.69, 9.17) is 0 Å². The minimum atomic E-state index is 0.150. The maximum atomic E-state index is 12.8. The molecule has 0 spiro atoms. The second-order valence-corrected chi connectivity index (χ2v) is 7.95. The highest BCUT2D eigenvalue weighted by molar-refractivity contribution is 5.95. The molecule has 0 atom stereocenters. The van der Waals surface area contributed by atoms with Crippen molar-refractivity contribution in [3.63, 3.8) is 0 Å². The first-order chi connectivity index (χ1) is 13.6. The number of piperidine rings is 1. The number of aromatic nitrogens is 1. The molecule has 5 heteroatoms. The second-order valence-electron chi connectivity index (χ2n) is 7.95. The van der Waals surface area contributed by atoms with Crippen LogP contribution in [0.1, 0.15) is 40.7 Å². The molecule has 2 fully saturated rings. The number of carbonyl (C=O) groups excluding carboxylic acids is 1. The molecule has 0 saturated carbocycles. The summed E-state index contributed by atoms with van der Waals surface area (Å²) in [6.45, 7) is 9.91. The van der Waals surface area contributed by atoms with Gasteiger partial charge in [-0.05, 0) is 62.4 Å². The Labute approximate surface area is 168 Å². The quantitative estimate of drug-likeness (QED) is 0.817. The maximum absolute atomic E-state index is 12.8. The van der Waals surface area contributed by atoms with Crippen LogP contribution in [-0.4, -0.2) is 55.1 Å². The summed E-state index contributed by atoms with van der Waals surface area (Å²) in [5.41, 5.74) is 4.80. The number of hydrogen-bond acceptors (Lipinski definition) is 4. The summed E-state index contributed by atoms with van der Waals surface area (Å²) in [7, 11) is 0. The predicted molar refractivity (Wildman–Crippen MR) is 114 cm³/mol. The van der Waals surface area contributed by atoms with Gasteiger partial charge in [-0.25, -0.2) is 4.98 Å². The van der Waals surface area contributed by atoms with Gasteiger partial charge in [-0.1, -0.05) is 12.1 Å². The molecule has 1 aromatic carbocycles. The highest BCUT2D eigenvalue weighted by Crippen LogP contribution is 2.25. The second kappa shape index (κ2) is 8.21. The van der Waals surface area contributed by atoms with E-state index in [2.05, 4.69) is 46.8 Å². The van der Waals surface area contributed by atoms with Crippen LogP contribution in [0.25, 0.3) is 0 Å². The normalized spacial score (nSPS) is 17.7. The van der Waals surface area contributed by atoms with E-state index in [0.717, 1.165) is 63.5 Å². The Hall–Kier alpha value is -2.56. The van der Waals surface area contributed by atoms with Crippen LogP contribution in [0.15, 0.2) is 36.5 Å². The first kappa shape index (κ1) is 18.8. The third kappa shape index (κ3) is 3.84. The van der Waals surface area contributed by atoms with E-state index < -0.39 is 0 Å². The maximum Gasteiger partial charge on any atom is 0.254 e. The van der Waals surface area contributed by atoms with Crippen molar-refractivity contribution in [2.45, 2.75) is 33.1 Å². The van der Waals surface area contributed by atoms with Gasteiger partial charge in [-0.2, -0.15) is 0 Å². The van der Waals surface area contributed by atoms with Crippen molar-refractivity contribution in [3.05, 3.63) is 53.2 Å². The van der Waals surface area contributed by atoms with Gasteiger partial charge >= 0.3 is 0 Å². The summed E-state index contributed by atoms with van der Waals surface area (Å²) in [5.74, 6) is 1.07. The molecule has 2 aliphatic rings. The molecule has 3 heterocycles. The molecular weight excluding hydrogens is 348 g/mol.